The number of carbonyl (C=O) groups is 2. The van der Waals surface area contributed by atoms with Crippen LogP contribution in [0.4, 0.5) is 4.79 Å². The van der Waals surface area contributed by atoms with Crippen LogP contribution < -0.4 is 0 Å². The summed E-state index contributed by atoms with van der Waals surface area (Å²) in [7, 11) is 1.29. The van der Waals surface area contributed by atoms with Crippen LogP contribution >= 0.6 is 11.8 Å². The van der Waals surface area contributed by atoms with E-state index in [-0.39, 0.29) is 6.54 Å². The molecule has 1 rings (SSSR count). The van der Waals surface area contributed by atoms with Crippen LogP contribution in [0.5, 0.6) is 0 Å². The van der Waals surface area contributed by atoms with Crippen molar-refractivity contribution in [3.8, 4) is 0 Å². The van der Waals surface area contributed by atoms with Gasteiger partial charge in [-0.05, 0) is 23.0 Å². The SMILES string of the molecule is COC(=O)[C@H](CCSC(C)C)N(Cc1ccccc1)C(=O)O. The fourth-order valence-electron chi connectivity index (χ4n) is 2.04. The first kappa shape index (κ1) is 18.4. The van der Waals surface area contributed by atoms with Crippen LogP contribution in [0.3, 0.4) is 0 Å². The number of esters is 1. The molecule has 1 amide bonds. The van der Waals surface area contributed by atoms with E-state index in [1.807, 2.05) is 30.3 Å². The molecule has 1 atom stereocenters. The second kappa shape index (κ2) is 9.35. The molecule has 1 N–H and O–H groups in total. The minimum absolute atomic E-state index is 0.169. The van der Waals surface area contributed by atoms with E-state index in [9.17, 15) is 14.7 Å². The molecule has 0 saturated carbocycles. The average Bonchev–Trinajstić information content (AvgIpc) is 2.49. The normalized spacial score (nSPS) is 12.0. The lowest BCUT2D eigenvalue weighted by Gasteiger charge is -2.27. The summed E-state index contributed by atoms with van der Waals surface area (Å²) < 4.78 is 4.79. The number of carboxylic acid groups (broad SMARTS) is 1. The van der Waals surface area contributed by atoms with Gasteiger partial charge < -0.3 is 9.84 Å². The minimum atomic E-state index is -1.12. The van der Waals surface area contributed by atoms with Crippen LogP contribution in [0.15, 0.2) is 30.3 Å². The summed E-state index contributed by atoms with van der Waals surface area (Å²) >= 11 is 1.70. The van der Waals surface area contributed by atoms with Gasteiger partial charge in [0.05, 0.1) is 7.11 Å². The smallest absolute Gasteiger partial charge is 0.408 e. The Balaban J connectivity index is 2.84. The van der Waals surface area contributed by atoms with Gasteiger partial charge in [-0.2, -0.15) is 11.8 Å². The maximum atomic E-state index is 12.0. The van der Waals surface area contributed by atoms with E-state index in [1.54, 1.807) is 11.8 Å². The van der Waals surface area contributed by atoms with Crippen molar-refractivity contribution in [3.05, 3.63) is 35.9 Å². The highest BCUT2D eigenvalue weighted by Crippen LogP contribution is 2.18. The van der Waals surface area contributed by atoms with Crippen LogP contribution in [-0.4, -0.2) is 46.2 Å². The van der Waals surface area contributed by atoms with Crippen molar-refractivity contribution in [3.63, 3.8) is 0 Å². The molecule has 1 aromatic carbocycles. The number of carbonyl (C=O) groups excluding carboxylic acids is 1. The van der Waals surface area contributed by atoms with Gasteiger partial charge >= 0.3 is 12.1 Å². The van der Waals surface area contributed by atoms with Gasteiger partial charge in [0.25, 0.3) is 0 Å². The molecular weight excluding hydrogens is 302 g/mol. The van der Waals surface area contributed by atoms with Crippen molar-refractivity contribution >= 4 is 23.8 Å². The molecule has 0 radical (unpaired) electrons. The molecule has 0 bridgehead atoms. The van der Waals surface area contributed by atoms with Crippen molar-refractivity contribution in [1.82, 2.24) is 4.90 Å². The van der Waals surface area contributed by atoms with Crippen molar-refractivity contribution in [2.75, 3.05) is 12.9 Å². The Morgan fingerprint density at radius 2 is 1.91 bits per heavy atom. The summed E-state index contributed by atoms with van der Waals surface area (Å²) in [6, 6.07) is 8.45. The zero-order valence-electron chi connectivity index (χ0n) is 13.2. The maximum Gasteiger partial charge on any atom is 0.408 e. The third kappa shape index (κ3) is 5.97. The van der Waals surface area contributed by atoms with Crippen LogP contribution in [-0.2, 0) is 16.1 Å². The number of benzene rings is 1. The van der Waals surface area contributed by atoms with E-state index >= 15 is 0 Å². The predicted molar refractivity (Wildman–Crippen MR) is 88.0 cm³/mol. The van der Waals surface area contributed by atoms with Crippen LogP contribution in [0, 0.1) is 0 Å². The Kier molecular flexibility index (Phi) is 7.80. The van der Waals surface area contributed by atoms with E-state index in [0.717, 1.165) is 10.5 Å². The minimum Gasteiger partial charge on any atom is -0.467 e. The summed E-state index contributed by atoms with van der Waals surface area (Å²) in [5.41, 5.74) is 0.843. The molecule has 0 aliphatic heterocycles. The molecular formula is C16H23NO4S. The fraction of sp³-hybridized carbons (Fsp3) is 0.500. The Labute approximate surface area is 135 Å². The lowest BCUT2D eigenvalue weighted by atomic mass is 10.1. The Bertz CT molecular complexity index is 478. The first-order valence-corrected chi connectivity index (χ1v) is 8.23. The van der Waals surface area contributed by atoms with Gasteiger partial charge in [0, 0.05) is 6.54 Å². The number of amides is 1. The standard InChI is InChI=1S/C16H23NO4S/c1-12(2)22-10-9-14(15(18)21-3)17(16(19)20)11-13-7-5-4-6-8-13/h4-8,12,14H,9-11H2,1-3H3,(H,19,20)/t14-/m0/s1. The molecule has 0 aromatic heterocycles. The van der Waals surface area contributed by atoms with Gasteiger partial charge in [-0.15, -0.1) is 0 Å². The number of ether oxygens (including phenoxy) is 1. The average molecular weight is 325 g/mol. The monoisotopic (exact) mass is 325 g/mol. The summed E-state index contributed by atoms with van der Waals surface area (Å²) in [6.07, 6.45) is -0.678. The molecule has 1 aromatic rings. The summed E-state index contributed by atoms with van der Waals surface area (Å²) in [6.45, 7) is 4.30. The van der Waals surface area contributed by atoms with Crippen LogP contribution in [0.2, 0.25) is 0 Å². The second-order valence-electron chi connectivity index (χ2n) is 5.14. The quantitative estimate of drug-likeness (QED) is 0.743. The van der Waals surface area contributed by atoms with E-state index < -0.39 is 18.1 Å². The molecule has 0 unspecified atom stereocenters. The maximum absolute atomic E-state index is 12.0. The van der Waals surface area contributed by atoms with Crippen molar-refractivity contribution < 1.29 is 19.4 Å². The molecule has 22 heavy (non-hydrogen) atoms. The number of rotatable bonds is 8. The Hall–Kier alpha value is -1.69. The number of nitrogens with zero attached hydrogens (tertiary/aromatic N) is 1. The molecule has 0 aliphatic rings. The molecule has 0 saturated heterocycles. The predicted octanol–water partition coefficient (Wildman–Crippen LogP) is 3.24. The van der Waals surface area contributed by atoms with Crippen molar-refractivity contribution in [2.45, 2.75) is 38.1 Å². The summed E-state index contributed by atoms with van der Waals surface area (Å²) in [4.78, 5) is 24.7. The first-order chi connectivity index (χ1) is 10.5. The van der Waals surface area contributed by atoms with Gasteiger partial charge in [-0.1, -0.05) is 44.2 Å². The molecule has 0 fully saturated rings. The van der Waals surface area contributed by atoms with Crippen molar-refractivity contribution in [1.29, 1.82) is 0 Å². The highest BCUT2D eigenvalue weighted by Gasteiger charge is 2.30. The number of methoxy groups -OCH3 is 1. The van der Waals surface area contributed by atoms with Gasteiger partial charge in [0.1, 0.15) is 6.04 Å². The largest absolute Gasteiger partial charge is 0.467 e. The summed E-state index contributed by atoms with van der Waals surface area (Å²) in [5, 5.41) is 9.91. The lowest BCUT2D eigenvalue weighted by molar-refractivity contribution is -0.146. The molecule has 5 nitrogen and oxygen atoms in total. The fourth-order valence-corrected chi connectivity index (χ4v) is 2.87. The van der Waals surface area contributed by atoms with Gasteiger partial charge in [-0.3, -0.25) is 4.90 Å². The van der Waals surface area contributed by atoms with Crippen molar-refractivity contribution in [2.24, 2.45) is 0 Å². The molecule has 122 valence electrons. The highest BCUT2D eigenvalue weighted by atomic mass is 32.2. The zero-order valence-corrected chi connectivity index (χ0v) is 14.0. The Morgan fingerprint density at radius 3 is 2.41 bits per heavy atom. The van der Waals surface area contributed by atoms with E-state index in [0.29, 0.717) is 17.4 Å². The first-order valence-electron chi connectivity index (χ1n) is 7.18. The second-order valence-corrected chi connectivity index (χ2v) is 6.83. The molecule has 0 spiro atoms. The summed E-state index contributed by atoms with van der Waals surface area (Å²) in [5.74, 6) is 0.193. The van der Waals surface area contributed by atoms with Crippen LogP contribution in [0.25, 0.3) is 0 Å². The van der Waals surface area contributed by atoms with E-state index in [1.165, 1.54) is 7.11 Å². The van der Waals surface area contributed by atoms with E-state index in [4.69, 9.17) is 4.74 Å². The lowest BCUT2D eigenvalue weighted by Crippen LogP contribution is -2.45. The zero-order chi connectivity index (χ0) is 16.5. The van der Waals surface area contributed by atoms with Gasteiger partial charge in [0.2, 0.25) is 0 Å². The van der Waals surface area contributed by atoms with Gasteiger partial charge in [-0.25, -0.2) is 9.59 Å². The number of hydrogen-bond donors (Lipinski definition) is 1. The third-order valence-corrected chi connectivity index (χ3v) is 4.27. The van der Waals surface area contributed by atoms with E-state index in [2.05, 4.69) is 13.8 Å². The third-order valence-electron chi connectivity index (χ3n) is 3.13. The number of thioether (sulfide) groups is 1. The van der Waals surface area contributed by atoms with Gasteiger partial charge in [0.15, 0.2) is 0 Å². The highest BCUT2D eigenvalue weighted by molar-refractivity contribution is 7.99. The number of hydrogen-bond acceptors (Lipinski definition) is 4. The Morgan fingerprint density at radius 1 is 1.27 bits per heavy atom. The molecule has 6 heteroatoms. The molecule has 0 heterocycles. The topological polar surface area (TPSA) is 66.8 Å². The van der Waals surface area contributed by atoms with Crippen LogP contribution in [0.1, 0.15) is 25.8 Å². The molecule has 0 aliphatic carbocycles.